The molecule has 2 aromatic carbocycles. The fourth-order valence-corrected chi connectivity index (χ4v) is 10.4. The minimum atomic E-state index is 0.416. The number of aromatic nitrogens is 6. The molecule has 0 radical (unpaired) electrons. The van der Waals surface area contributed by atoms with Gasteiger partial charge in [0.05, 0.1) is 23.2 Å². The van der Waals surface area contributed by atoms with Crippen molar-refractivity contribution in [2.75, 3.05) is 99.7 Å². The third-order valence-electron chi connectivity index (χ3n) is 13.5. The molecule has 4 heterocycles. The number of hydrogen-bond acceptors (Lipinski definition) is 16. The number of hydrogen-bond donors (Lipinski definition) is 4. The molecule has 0 spiro atoms. The van der Waals surface area contributed by atoms with Gasteiger partial charge < -0.3 is 50.3 Å². The monoisotopic (exact) mass is 1030 g/mol. The average Bonchev–Trinajstić information content (AvgIpc) is 3.74. The third kappa shape index (κ3) is 14.4. The molecule has 0 unspecified atom stereocenters. The number of rotatable bonds is 14. The second-order valence-corrected chi connectivity index (χ2v) is 20.2. The second kappa shape index (κ2) is 24.7. The van der Waals surface area contributed by atoms with Crippen LogP contribution in [0.1, 0.15) is 103 Å². The van der Waals surface area contributed by atoms with Crippen LogP contribution in [0.5, 0.6) is 11.5 Å². The summed E-state index contributed by atoms with van der Waals surface area (Å²) in [4.78, 5) is 38.0. The maximum absolute atomic E-state index is 5.35. The number of benzene rings is 2. The molecule has 16 nitrogen and oxygen atoms in total. The Morgan fingerprint density at radius 3 is 1.18 bits per heavy atom. The quantitative estimate of drug-likeness (QED) is 0.0884. The third-order valence-corrected chi connectivity index (χ3v) is 14.8. The van der Waals surface area contributed by atoms with Gasteiger partial charge in [-0.2, -0.15) is 29.9 Å². The molecule has 2 aromatic heterocycles. The van der Waals surface area contributed by atoms with E-state index in [1.165, 1.54) is 77.0 Å². The molecule has 360 valence electrons. The molecule has 0 amide bonds. The summed E-state index contributed by atoms with van der Waals surface area (Å²) < 4.78 is 12.5. The summed E-state index contributed by atoms with van der Waals surface area (Å²) in [6.07, 6.45) is 19.4. The van der Waals surface area contributed by atoms with Gasteiger partial charge in [0.1, 0.15) is 11.5 Å². The van der Waals surface area contributed by atoms with Crippen LogP contribution < -0.4 is 40.5 Å². The highest BCUT2D eigenvalue weighted by Gasteiger charge is 2.26. The average molecular weight is 1040 g/mol. The summed E-state index contributed by atoms with van der Waals surface area (Å²) in [5.41, 5.74) is 1.78. The van der Waals surface area contributed by atoms with Crippen molar-refractivity contribution in [2.45, 2.75) is 127 Å². The molecule has 4 N–H and O–H groups in total. The van der Waals surface area contributed by atoms with Gasteiger partial charge in [0.25, 0.3) is 0 Å². The molecule has 4 fully saturated rings. The first kappa shape index (κ1) is 49.6. The molecule has 0 atom stereocenters. The summed E-state index contributed by atoms with van der Waals surface area (Å²) in [6, 6.07) is 13.4. The molecular formula is C48H72Br2N14O2. The topological polar surface area (TPSA) is 157 Å². The molecule has 2 saturated carbocycles. The first-order valence-electron chi connectivity index (χ1n) is 24.1. The van der Waals surface area contributed by atoms with Gasteiger partial charge in [0, 0.05) is 49.6 Å². The number of nitrogens with zero attached hydrogens (tertiary/aromatic N) is 10. The van der Waals surface area contributed by atoms with Crippen molar-refractivity contribution in [1.29, 1.82) is 0 Å². The lowest BCUT2D eigenvalue weighted by Crippen LogP contribution is -2.42. The van der Waals surface area contributed by atoms with Gasteiger partial charge in [-0.15, -0.1) is 0 Å². The van der Waals surface area contributed by atoms with Gasteiger partial charge in [-0.25, -0.2) is 0 Å². The van der Waals surface area contributed by atoms with Crippen molar-refractivity contribution < 1.29 is 9.47 Å². The van der Waals surface area contributed by atoms with Crippen molar-refractivity contribution in [1.82, 2.24) is 39.7 Å². The number of piperidine rings is 2. The van der Waals surface area contributed by atoms with E-state index >= 15 is 0 Å². The maximum atomic E-state index is 5.35. The Labute approximate surface area is 409 Å². The van der Waals surface area contributed by atoms with Gasteiger partial charge in [0.15, 0.2) is 0 Å². The molecule has 2 saturated heterocycles. The van der Waals surface area contributed by atoms with E-state index in [2.05, 4.69) is 101 Å². The maximum Gasteiger partial charge on any atom is 0.233 e. The lowest BCUT2D eigenvalue weighted by atomic mass is 10.0. The number of likely N-dealkylation sites (tertiary alicyclic amines) is 2. The molecule has 66 heavy (non-hydrogen) atoms. The predicted molar refractivity (Wildman–Crippen MR) is 276 cm³/mol. The number of ether oxygens (including phenoxy) is 2. The summed E-state index contributed by atoms with van der Waals surface area (Å²) in [5.74, 6) is 5.41. The lowest BCUT2D eigenvalue weighted by Gasteiger charge is -2.35. The fraction of sp³-hybridized carbons (Fsp3) is 0.625. The van der Waals surface area contributed by atoms with Gasteiger partial charge in [-0.1, -0.05) is 51.4 Å². The fourth-order valence-electron chi connectivity index (χ4n) is 9.34. The van der Waals surface area contributed by atoms with Crippen LogP contribution >= 0.6 is 31.9 Å². The van der Waals surface area contributed by atoms with Crippen molar-refractivity contribution in [3.8, 4) is 11.5 Å². The number of nitrogens with one attached hydrogen (secondary N) is 4. The van der Waals surface area contributed by atoms with E-state index in [4.69, 9.17) is 39.4 Å². The van der Waals surface area contributed by atoms with E-state index in [1.807, 2.05) is 36.4 Å². The molecule has 2 aliphatic heterocycles. The molecular weight excluding hydrogens is 964 g/mol. The van der Waals surface area contributed by atoms with Gasteiger partial charge in [-0.3, -0.25) is 0 Å². The van der Waals surface area contributed by atoms with Crippen LogP contribution in [0, 0.1) is 0 Å². The molecule has 4 aromatic rings. The van der Waals surface area contributed by atoms with E-state index in [-0.39, 0.29) is 0 Å². The normalized spacial score (nSPS) is 18.5. The highest BCUT2D eigenvalue weighted by Crippen LogP contribution is 2.32. The summed E-state index contributed by atoms with van der Waals surface area (Å²) in [5, 5.41) is 14.0. The Bertz CT molecular complexity index is 1970. The minimum Gasteiger partial charge on any atom is -0.496 e. The Kier molecular flexibility index (Phi) is 18.6. The zero-order chi connectivity index (χ0) is 46.4. The van der Waals surface area contributed by atoms with Crippen LogP contribution in [0.3, 0.4) is 0 Å². The number of anilines is 8. The van der Waals surface area contributed by atoms with Crippen molar-refractivity contribution in [3.05, 3.63) is 45.3 Å². The first-order valence-corrected chi connectivity index (χ1v) is 25.7. The standard InChI is InChI=1S/2C24H36BrN7O/c2*1-31-14-12-19(13-15-31)32(2)24-29-22(26-17-8-6-4-5-7-9-17)28-23(30-24)27-18-10-11-21(33-3)20(25)16-18/h2*10-11,16-17,19H,4-9,12-15H2,1-3H3,(H2,26,27,28,29,30). The van der Waals surface area contributed by atoms with Gasteiger partial charge >= 0.3 is 0 Å². The summed E-state index contributed by atoms with van der Waals surface area (Å²) >= 11 is 7.12. The Morgan fingerprint density at radius 2 is 0.848 bits per heavy atom. The lowest BCUT2D eigenvalue weighted by molar-refractivity contribution is 0.252. The molecule has 0 bridgehead atoms. The Balaban J connectivity index is 0.000000196. The largest absolute Gasteiger partial charge is 0.496 e. The molecule has 8 rings (SSSR count). The van der Waals surface area contributed by atoms with E-state index in [9.17, 15) is 0 Å². The number of methoxy groups -OCH3 is 2. The molecule has 4 aliphatic rings. The van der Waals surface area contributed by atoms with Gasteiger partial charge in [0.2, 0.25) is 35.7 Å². The summed E-state index contributed by atoms with van der Waals surface area (Å²) in [6.45, 7) is 4.38. The SMILES string of the molecule is COc1ccc(Nc2nc(NC3CCCCCC3)nc(N(C)C3CCN(C)CC3)n2)cc1Br.COc1ccc(Nc2nc(NC3CCCCCC3)nc(N(C)C3CCN(C)CC3)n2)cc1Br. The minimum absolute atomic E-state index is 0.416. The van der Waals surface area contributed by atoms with E-state index in [1.54, 1.807) is 14.2 Å². The van der Waals surface area contributed by atoms with Crippen LogP contribution in [-0.2, 0) is 0 Å². The van der Waals surface area contributed by atoms with Crippen molar-refractivity contribution in [3.63, 3.8) is 0 Å². The zero-order valence-electron chi connectivity index (χ0n) is 40.0. The smallest absolute Gasteiger partial charge is 0.233 e. The van der Waals surface area contributed by atoms with E-state index < -0.39 is 0 Å². The van der Waals surface area contributed by atoms with Crippen LogP contribution in [-0.4, -0.2) is 132 Å². The molecule has 2 aliphatic carbocycles. The Morgan fingerprint density at radius 1 is 0.500 bits per heavy atom. The first-order chi connectivity index (χ1) is 32.0. The highest BCUT2D eigenvalue weighted by atomic mass is 79.9. The van der Waals surface area contributed by atoms with Crippen molar-refractivity contribution >= 4 is 78.9 Å². The van der Waals surface area contributed by atoms with Crippen molar-refractivity contribution in [2.24, 2.45) is 0 Å². The van der Waals surface area contributed by atoms with Crippen LogP contribution in [0.25, 0.3) is 0 Å². The van der Waals surface area contributed by atoms with E-state index in [0.29, 0.717) is 59.9 Å². The molecule has 18 heteroatoms. The Hall–Kier alpha value is -4.26. The summed E-state index contributed by atoms with van der Waals surface area (Å²) in [7, 11) is 11.9. The second-order valence-electron chi connectivity index (χ2n) is 18.5. The van der Waals surface area contributed by atoms with Crippen LogP contribution in [0.4, 0.5) is 47.1 Å². The predicted octanol–water partition coefficient (Wildman–Crippen LogP) is 10.1. The number of halogens is 2. The van der Waals surface area contributed by atoms with E-state index in [0.717, 1.165) is 83.7 Å². The highest BCUT2D eigenvalue weighted by molar-refractivity contribution is 9.11. The van der Waals surface area contributed by atoms with Crippen LogP contribution in [0.2, 0.25) is 0 Å². The zero-order valence-corrected chi connectivity index (χ0v) is 43.1. The van der Waals surface area contributed by atoms with Gasteiger partial charge in [-0.05, 0) is 160 Å². The van der Waals surface area contributed by atoms with Crippen LogP contribution in [0.15, 0.2) is 45.3 Å².